The third-order valence-corrected chi connectivity index (χ3v) is 5.86. The van der Waals surface area contributed by atoms with Gasteiger partial charge in [-0.3, -0.25) is 9.69 Å². The van der Waals surface area contributed by atoms with Crippen molar-refractivity contribution in [3.05, 3.63) is 35.9 Å². The van der Waals surface area contributed by atoms with Crippen LogP contribution in [0.5, 0.6) is 0 Å². The average Bonchev–Trinajstić information content (AvgIpc) is 3.16. The van der Waals surface area contributed by atoms with Crippen molar-refractivity contribution in [3.8, 4) is 0 Å². The van der Waals surface area contributed by atoms with Gasteiger partial charge in [-0.2, -0.15) is 0 Å². The highest BCUT2D eigenvalue weighted by Gasteiger charge is 2.35. The van der Waals surface area contributed by atoms with Crippen molar-refractivity contribution in [2.45, 2.75) is 50.7 Å². The monoisotopic (exact) mass is 388 g/mol. The van der Waals surface area contributed by atoms with Gasteiger partial charge in [0.1, 0.15) is 0 Å². The number of aliphatic carboxylic acids is 1. The number of hydrogen-bond acceptors (Lipinski definition) is 4. The van der Waals surface area contributed by atoms with Crippen LogP contribution in [0.3, 0.4) is 0 Å². The molecule has 1 aliphatic carbocycles. The van der Waals surface area contributed by atoms with Gasteiger partial charge in [0, 0.05) is 18.6 Å². The number of likely N-dealkylation sites (tertiary alicyclic amines) is 1. The summed E-state index contributed by atoms with van der Waals surface area (Å²) in [5, 5.41) is 15.2. The van der Waals surface area contributed by atoms with Gasteiger partial charge in [0.25, 0.3) is 0 Å². The van der Waals surface area contributed by atoms with Crippen molar-refractivity contribution in [1.29, 1.82) is 0 Å². The molecule has 3 rings (SSSR count). The molecule has 0 spiro atoms. The molecule has 1 aliphatic heterocycles. The standard InChI is InChI=1S/C21H32N4O3/c1-2-25(15-20(26)27)18-12-17(13-18)22-21(28)23-19(14-24-10-6-7-11-24)16-8-4-3-5-9-16/h3-5,8-9,17-19H,2,6-7,10-15H2,1H3,(H,26,27)(H2,22,23,28). The predicted octanol–water partition coefficient (Wildman–Crippen LogP) is 2.06. The molecule has 0 radical (unpaired) electrons. The van der Waals surface area contributed by atoms with Gasteiger partial charge in [0.15, 0.2) is 0 Å². The van der Waals surface area contributed by atoms with Crippen LogP contribution in [0.2, 0.25) is 0 Å². The third kappa shape index (κ3) is 5.69. The lowest BCUT2D eigenvalue weighted by molar-refractivity contribution is -0.139. The van der Waals surface area contributed by atoms with Gasteiger partial charge in [-0.05, 0) is 50.9 Å². The highest BCUT2D eigenvalue weighted by molar-refractivity contribution is 5.75. The van der Waals surface area contributed by atoms with Gasteiger partial charge < -0.3 is 20.6 Å². The van der Waals surface area contributed by atoms with Crippen LogP contribution in [0.4, 0.5) is 4.79 Å². The smallest absolute Gasteiger partial charge is 0.317 e. The van der Waals surface area contributed by atoms with E-state index in [4.69, 9.17) is 5.11 Å². The minimum absolute atomic E-state index is 0.0330. The molecule has 1 unspecified atom stereocenters. The fourth-order valence-corrected chi connectivity index (χ4v) is 4.21. The Labute approximate surface area is 167 Å². The van der Waals surface area contributed by atoms with E-state index >= 15 is 0 Å². The van der Waals surface area contributed by atoms with Crippen LogP contribution < -0.4 is 10.6 Å². The number of carbonyl (C=O) groups excluding carboxylic acids is 1. The summed E-state index contributed by atoms with van der Waals surface area (Å²) in [5.74, 6) is -0.802. The van der Waals surface area contributed by atoms with Crippen LogP contribution in [-0.2, 0) is 4.79 Å². The van der Waals surface area contributed by atoms with Gasteiger partial charge in [0.05, 0.1) is 12.6 Å². The van der Waals surface area contributed by atoms with E-state index in [0.717, 1.165) is 38.0 Å². The number of urea groups is 1. The first kappa shape index (κ1) is 20.6. The number of nitrogens with zero attached hydrogens (tertiary/aromatic N) is 2. The first-order valence-corrected chi connectivity index (χ1v) is 10.3. The van der Waals surface area contributed by atoms with Crippen molar-refractivity contribution in [2.75, 3.05) is 32.7 Å². The molecule has 3 N–H and O–H groups in total. The number of hydrogen-bond donors (Lipinski definition) is 3. The molecule has 154 valence electrons. The van der Waals surface area contributed by atoms with Gasteiger partial charge in [-0.15, -0.1) is 0 Å². The molecular formula is C21H32N4O3. The molecule has 1 aromatic carbocycles. The Morgan fingerprint density at radius 2 is 1.89 bits per heavy atom. The normalized spacial score (nSPS) is 23.2. The van der Waals surface area contributed by atoms with Crippen molar-refractivity contribution >= 4 is 12.0 Å². The van der Waals surface area contributed by atoms with E-state index in [1.54, 1.807) is 0 Å². The lowest BCUT2D eigenvalue weighted by atomic mass is 9.85. The maximum absolute atomic E-state index is 12.6. The van der Waals surface area contributed by atoms with Crippen molar-refractivity contribution < 1.29 is 14.7 Å². The summed E-state index contributed by atoms with van der Waals surface area (Å²) in [7, 11) is 0. The quantitative estimate of drug-likeness (QED) is 0.603. The van der Waals surface area contributed by atoms with E-state index in [1.807, 2.05) is 30.0 Å². The van der Waals surface area contributed by atoms with Crippen LogP contribution in [-0.4, -0.2) is 71.7 Å². The molecule has 1 saturated carbocycles. The largest absolute Gasteiger partial charge is 0.480 e. The first-order chi connectivity index (χ1) is 13.5. The summed E-state index contributed by atoms with van der Waals surface area (Å²) in [6.45, 7) is 5.75. The first-order valence-electron chi connectivity index (χ1n) is 10.3. The van der Waals surface area contributed by atoms with E-state index in [1.165, 1.54) is 12.8 Å². The zero-order valence-electron chi connectivity index (χ0n) is 16.6. The minimum atomic E-state index is -0.802. The van der Waals surface area contributed by atoms with Crippen LogP contribution >= 0.6 is 0 Å². The van der Waals surface area contributed by atoms with Gasteiger partial charge in [-0.25, -0.2) is 4.79 Å². The topological polar surface area (TPSA) is 84.9 Å². The fraction of sp³-hybridized carbons (Fsp3) is 0.619. The number of carboxylic acids is 1. The molecule has 2 amide bonds. The van der Waals surface area contributed by atoms with Gasteiger partial charge in [-0.1, -0.05) is 37.3 Å². The minimum Gasteiger partial charge on any atom is -0.480 e. The van der Waals surface area contributed by atoms with Crippen molar-refractivity contribution in [1.82, 2.24) is 20.4 Å². The number of rotatable bonds is 9. The Morgan fingerprint density at radius 3 is 2.50 bits per heavy atom. The summed E-state index contributed by atoms with van der Waals surface area (Å²) >= 11 is 0. The van der Waals surface area contributed by atoms with Crippen LogP contribution in [0.25, 0.3) is 0 Å². The molecule has 7 heteroatoms. The number of nitrogens with one attached hydrogen (secondary N) is 2. The zero-order chi connectivity index (χ0) is 19.9. The molecule has 1 saturated heterocycles. The third-order valence-electron chi connectivity index (χ3n) is 5.86. The predicted molar refractivity (Wildman–Crippen MR) is 108 cm³/mol. The number of benzene rings is 1. The summed E-state index contributed by atoms with van der Waals surface area (Å²) in [6, 6.07) is 10.3. The molecule has 2 fully saturated rings. The summed E-state index contributed by atoms with van der Waals surface area (Å²) in [5.41, 5.74) is 1.12. The molecular weight excluding hydrogens is 356 g/mol. The number of likely N-dealkylation sites (N-methyl/N-ethyl adjacent to an activating group) is 1. The fourth-order valence-electron chi connectivity index (χ4n) is 4.21. The Balaban J connectivity index is 1.49. The number of carboxylic acid groups (broad SMARTS) is 1. The van der Waals surface area contributed by atoms with E-state index < -0.39 is 5.97 Å². The van der Waals surface area contributed by atoms with Crippen molar-refractivity contribution in [3.63, 3.8) is 0 Å². The van der Waals surface area contributed by atoms with E-state index in [0.29, 0.717) is 6.54 Å². The molecule has 28 heavy (non-hydrogen) atoms. The number of amides is 2. The average molecular weight is 389 g/mol. The summed E-state index contributed by atoms with van der Waals surface area (Å²) < 4.78 is 0. The highest BCUT2D eigenvalue weighted by atomic mass is 16.4. The lowest BCUT2D eigenvalue weighted by Gasteiger charge is -2.42. The molecule has 1 aromatic rings. The second kappa shape index (κ2) is 9.89. The zero-order valence-corrected chi connectivity index (χ0v) is 16.6. The molecule has 0 aromatic heterocycles. The van der Waals surface area contributed by atoms with E-state index in [2.05, 4.69) is 27.7 Å². The maximum Gasteiger partial charge on any atom is 0.317 e. The van der Waals surface area contributed by atoms with Crippen molar-refractivity contribution in [2.24, 2.45) is 0 Å². The SMILES string of the molecule is CCN(CC(=O)O)C1CC(NC(=O)NC(CN2CCCC2)c2ccccc2)C1. The van der Waals surface area contributed by atoms with Gasteiger partial charge in [0.2, 0.25) is 0 Å². The Kier molecular flexibility index (Phi) is 7.28. The molecule has 0 bridgehead atoms. The molecule has 7 nitrogen and oxygen atoms in total. The molecule has 2 aliphatic rings. The van der Waals surface area contributed by atoms with Crippen LogP contribution in [0, 0.1) is 0 Å². The maximum atomic E-state index is 12.6. The Morgan fingerprint density at radius 1 is 1.21 bits per heavy atom. The highest BCUT2D eigenvalue weighted by Crippen LogP contribution is 2.25. The molecule has 1 atom stereocenters. The van der Waals surface area contributed by atoms with E-state index in [-0.39, 0.29) is 30.7 Å². The molecule has 1 heterocycles. The lowest BCUT2D eigenvalue weighted by Crippen LogP contribution is -2.56. The Hall–Kier alpha value is -2.12. The van der Waals surface area contributed by atoms with Crippen LogP contribution in [0.1, 0.15) is 44.2 Å². The second-order valence-electron chi connectivity index (χ2n) is 7.87. The second-order valence-corrected chi connectivity index (χ2v) is 7.87. The number of carbonyl (C=O) groups is 2. The van der Waals surface area contributed by atoms with Gasteiger partial charge >= 0.3 is 12.0 Å². The summed E-state index contributed by atoms with van der Waals surface area (Å²) in [6.07, 6.45) is 4.05. The van der Waals surface area contributed by atoms with Crippen LogP contribution in [0.15, 0.2) is 30.3 Å². The van der Waals surface area contributed by atoms with E-state index in [9.17, 15) is 9.59 Å². The summed E-state index contributed by atoms with van der Waals surface area (Å²) in [4.78, 5) is 27.9. The Bertz CT molecular complexity index is 642.